The molecular formula is C15H33Cl3N4O. The number of halogens is 3. The fourth-order valence-corrected chi connectivity index (χ4v) is 3.09. The van der Waals surface area contributed by atoms with Crippen LogP contribution in [0.2, 0.25) is 0 Å². The van der Waals surface area contributed by atoms with E-state index in [1.807, 2.05) is 0 Å². The smallest absolute Gasteiger partial charge is 0.224 e. The molecule has 2 rings (SSSR count). The molecule has 2 unspecified atom stereocenters. The Morgan fingerprint density at radius 3 is 2.30 bits per heavy atom. The van der Waals surface area contributed by atoms with Gasteiger partial charge in [0.1, 0.15) is 0 Å². The van der Waals surface area contributed by atoms with Gasteiger partial charge in [-0.25, -0.2) is 0 Å². The molecule has 0 radical (unpaired) electrons. The lowest BCUT2D eigenvalue weighted by molar-refractivity contribution is -0.124. The molecule has 0 aromatic carbocycles. The molecule has 2 heterocycles. The van der Waals surface area contributed by atoms with Crippen LogP contribution in [0.4, 0.5) is 0 Å². The van der Waals surface area contributed by atoms with E-state index < -0.39 is 0 Å². The normalized spacial score (nSPS) is 23.1. The van der Waals surface area contributed by atoms with Gasteiger partial charge in [0.2, 0.25) is 5.91 Å². The summed E-state index contributed by atoms with van der Waals surface area (Å²) in [5.74, 6) is 0.953. The molecule has 2 fully saturated rings. The Kier molecular flexibility index (Phi) is 14.9. The summed E-state index contributed by atoms with van der Waals surface area (Å²) in [7, 11) is 0. The number of hydrogen-bond acceptors (Lipinski definition) is 4. The van der Waals surface area contributed by atoms with Gasteiger partial charge in [0.25, 0.3) is 0 Å². The number of piperazine rings is 1. The second kappa shape index (κ2) is 13.5. The zero-order valence-corrected chi connectivity index (χ0v) is 16.7. The van der Waals surface area contributed by atoms with Crippen LogP contribution < -0.4 is 10.6 Å². The molecule has 2 aliphatic rings. The van der Waals surface area contributed by atoms with E-state index in [1.54, 1.807) is 0 Å². The van der Waals surface area contributed by atoms with E-state index in [-0.39, 0.29) is 49.0 Å². The molecular weight excluding hydrogens is 359 g/mol. The van der Waals surface area contributed by atoms with E-state index in [1.165, 1.54) is 26.2 Å². The number of nitrogens with one attached hydrogen (secondary N) is 2. The van der Waals surface area contributed by atoms with Crippen molar-refractivity contribution in [3.8, 4) is 0 Å². The molecule has 8 heteroatoms. The molecule has 0 spiro atoms. The van der Waals surface area contributed by atoms with Crippen LogP contribution in [0.25, 0.3) is 0 Å². The molecule has 2 atom stereocenters. The van der Waals surface area contributed by atoms with Gasteiger partial charge in [0, 0.05) is 45.8 Å². The van der Waals surface area contributed by atoms with Crippen LogP contribution in [0.1, 0.15) is 20.3 Å². The van der Waals surface area contributed by atoms with Gasteiger partial charge in [-0.1, -0.05) is 13.8 Å². The lowest BCUT2D eigenvalue weighted by Gasteiger charge is -2.35. The van der Waals surface area contributed by atoms with E-state index in [4.69, 9.17) is 0 Å². The Morgan fingerprint density at radius 1 is 1.17 bits per heavy atom. The summed E-state index contributed by atoms with van der Waals surface area (Å²) in [5, 5.41) is 6.36. The SMILES string of the molecule is CCN1CCN(CC(C)CNC(=O)C2CCNC2)CC1.Cl.Cl.Cl. The molecule has 2 N–H and O–H groups in total. The van der Waals surface area contributed by atoms with Gasteiger partial charge < -0.3 is 20.4 Å². The molecule has 0 aromatic rings. The summed E-state index contributed by atoms with van der Waals surface area (Å²) >= 11 is 0. The first-order valence-corrected chi connectivity index (χ1v) is 8.12. The first kappa shape index (κ1) is 25.5. The van der Waals surface area contributed by atoms with Gasteiger partial charge in [-0.2, -0.15) is 0 Å². The molecule has 1 amide bonds. The molecule has 0 aliphatic carbocycles. The topological polar surface area (TPSA) is 47.6 Å². The average molecular weight is 392 g/mol. The van der Waals surface area contributed by atoms with Crippen molar-refractivity contribution in [2.24, 2.45) is 11.8 Å². The molecule has 140 valence electrons. The maximum atomic E-state index is 12.0. The zero-order valence-electron chi connectivity index (χ0n) is 14.3. The predicted octanol–water partition coefficient (Wildman–Crippen LogP) is 1.25. The van der Waals surface area contributed by atoms with E-state index >= 15 is 0 Å². The van der Waals surface area contributed by atoms with Crippen molar-refractivity contribution < 1.29 is 4.79 Å². The second-order valence-electron chi connectivity index (χ2n) is 6.27. The minimum absolute atomic E-state index is 0. The van der Waals surface area contributed by atoms with Gasteiger partial charge in [-0.3, -0.25) is 4.79 Å². The summed E-state index contributed by atoms with van der Waals surface area (Å²) < 4.78 is 0. The van der Waals surface area contributed by atoms with Crippen LogP contribution in [-0.2, 0) is 4.79 Å². The maximum Gasteiger partial charge on any atom is 0.224 e. The first-order chi connectivity index (χ1) is 9.69. The van der Waals surface area contributed by atoms with Crippen LogP contribution in [-0.4, -0.2) is 74.6 Å². The molecule has 5 nitrogen and oxygen atoms in total. The minimum atomic E-state index is 0. The van der Waals surface area contributed by atoms with Crippen LogP contribution in [0, 0.1) is 11.8 Å². The number of nitrogens with zero attached hydrogens (tertiary/aromatic N) is 2. The highest BCUT2D eigenvalue weighted by atomic mass is 35.5. The third-order valence-electron chi connectivity index (χ3n) is 4.54. The van der Waals surface area contributed by atoms with Crippen molar-refractivity contribution >= 4 is 43.1 Å². The number of carbonyl (C=O) groups is 1. The van der Waals surface area contributed by atoms with Gasteiger partial charge in [-0.05, 0) is 25.4 Å². The van der Waals surface area contributed by atoms with E-state index in [9.17, 15) is 4.79 Å². The highest BCUT2D eigenvalue weighted by Crippen LogP contribution is 2.08. The molecule has 0 aromatic heterocycles. The molecule has 23 heavy (non-hydrogen) atoms. The Morgan fingerprint density at radius 2 is 1.78 bits per heavy atom. The fourth-order valence-electron chi connectivity index (χ4n) is 3.09. The molecule has 2 aliphatic heterocycles. The lowest BCUT2D eigenvalue weighted by Crippen LogP contribution is -2.48. The fraction of sp³-hybridized carbons (Fsp3) is 0.933. The maximum absolute atomic E-state index is 12.0. The summed E-state index contributed by atoms with van der Waals surface area (Å²) in [4.78, 5) is 17.0. The van der Waals surface area contributed by atoms with Crippen LogP contribution in [0.3, 0.4) is 0 Å². The Labute approximate surface area is 159 Å². The van der Waals surface area contributed by atoms with E-state index in [2.05, 4.69) is 34.3 Å². The summed E-state index contributed by atoms with van der Waals surface area (Å²) in [5.41, 5.74) is 0. The molecule has 0 bridgehead atoms. The highest BCUT2D eigenvalue weighted by Gasteiger charge is 2.23. The first-order valence-electron chi connectivity index (χ1n) is 8.12. The predicted molar refractivity (Wildman–Crippen MR) is 103 cm³/mol. The van der Waals surface area contributed by atoms with Crippen LogP contribution in [0.15, 0.2) is 0 Å². The molecule has 0 saturated carbocycles. The standard InChI is InChI=1S/C15H30N4O.3ClH/c1-3-18-6-8-19(9-7-18)12-13(2)10-17-15(20)14-4-5-16-11-14;;;/h13-14,16H,3-12H2,1-2H3,(H,17,20);3*1H. The third-order valence-corrected chi connectivity index (χ3v) is 4.54. The number of hydrogen-bond donors (Lipinski definition) is 2. The monoisotopic (exact) mass is 390 g/mol. The average Bonchev–Trinajstić information content (AvgIpc) is 3.00. The quantitative estimate of drug-likeness (QED) is 0.715. The van der Waals surface area contributed by atoms with Crippen LogP contribution >= 0.6 is 37.2 Å². The Balaban J connectivity index is 0. The van der Waals surface area contributed by atoms with Gasteiger partial charge >= 0.3 is 0 Å². The van der Waals surface area contributed by atoms with Gasteiger partial charge in [0.15, 0.2) is 0 Å². The summed E-state index contributed by atoms with van der Waals surface area (Å²) in [6.07, 6.45) is 0.985. The largest absolute Gasteiger partial charge is 0.356 e. The van der Waals surface area contributed by atoms with Crippen molar-refractivity contribution in [1.29, 1.82) is 0 Å². The van der Waals surface area contributed by atoms with E-state index in [0.29, 0.717) is 5.92 Å². The second-order valence-corrected chi connectivity index (χ2v) is 6.27. The Hall–Kier alpha value is 0.220. The van der Waals surface area contributed by atoms with Crippen molar-refractivity contribution in [2.45, 2.75) is 20.3 Å². The summed E-state index contributed by atoms with van der Waals surface area (Å²) in [6.45, 7) is 14.1. The summed E-state index contributed by atoms with van der Waals surface area (Å²) in [6, 6.07) is 0. The highest BCUT2D eigenvalue weighted by molar-refractivity contribution is 5.86. The minimum Gasteiger partial charge on any atom is -0.356 e. The van der Waals surface area contributed by atoms with E-state index in [0.717, 1.165) is 39.1 Å². The van der Waals surface area contributed by atoms with Gasteiger partial charge in [0.05, 0.1) is 5.92 Å². The van der Waals surface area contributed by atoms with Crippen molar-refractivity contribution in [1.82, 2.24) is 20.4 Å². The van der Waals surface area contributed by atoms with Crippen LogP contribution in [0.5, 0.6) is 0 Å². The van der Waals surface area contributed by atoms with Gasteiger partial charge in [-0.15, -0.1) is 37.2 Å². The molecule has 2 saturated heterocycles. The number of likely N-dealkylation sites (N-methyl/N-ethyl adjacent to an activating group) is 1. The third kappa shape index (κ3) is 8.75. The van der Waals surface area contributed by atoms with Crippen molar-refractivity contribution in [2.75, 3.05) is 58.9 Å². The lowest BCUT2D eigenvalue weighted by atomic mass is 10.1. The number of carbonyl (C=O) groups excluding carboxylic acids is 1. The number of amides is 1. The number of rotatable bonds is 6. The van der Waals surface area contributed by atoms with Crippen molar-refractivity contribution in [3.63, 3.8) is 0 Å². The van der Waals surface area contributed by atoms with Crippen molar-refractivity contribution in [3.05, 3.63) is 0 Å². The zero-order chi connectivity index (χ0) is 14.4. The Bertz CT molecular complexity index is 309.